The number of hydrogen-bond donors (Lipinski definition) is 1. The molecule has 3 heteroatoms. The summed E-state index contributed by atoms with van der Waals surface area (Å²) in [5, 5.41) is 11.3. The maximum Gasteiger partial charge on any atom is 0.0548 e. The monoisotopic (exact) mass is 718 g/mol. The van der Waals surface area contributed by atoms with E-state index in [0.717, 1.165) is 17.1 Å². The average molecular weight is 719 g/mol. The van der Waals surface area contributed by atoms with E-state index in [1.54, 1.807) is 0 Å². The van der Waals surface area contributed by atoms with Crippen LogP contribution < -0.4 is 5.32 Å². The lowest BCUT2D eigenvalue weighted by Crippen LogP contribution is -1.94. The Balaban J connectivity index is 1.04. The first kappa shape index (κ1) is 31.6. The van der Waals surface area contributed by atoms with Crippen molar-refractivity contribution in [3.63, 3.8) is 0 Å². The van der Waals surface area contributed by atoms with E-state index >= 15 is 0 Å². The summed E-state index contributed by atoms with van der Waals surface area (Å²) in [6.07, 6.45) is 0. The van der Waals surface area contributed by atoms with Crippen molar-refractivity contribution in [2.45, 2.75) is 0 Å². The van der Waals surface area contributed by atoms with Gasteiger partial charge in [-0.1, -0.05) is 133 Å². The number of nitrogens with zero attached hydrogens (tertiary/aromatic N) is 1. The van der Waals surface area contributed by atoms with Crippen molar-refractivity contribution in [3.05, 3.63) is 200 Å². The fraction of sp³-hybridized carbons (Fsp3) is 0. The van der Waals surface area contributed by atoms with Crippen LogP contribution in [0.25, 0.3) is 91.8 Å². The number of benzene rings is 9. The molecule has 0 bridgehead atoms. The number of para-hydroxylation sites is 1. The van der Waals surface area contributed by atoms with E-state index in [1.165, 1.54) is 86.1 Å². The summed E-state index contributed by atoms with van der Waals surface area (Å²) in [6, 6.07) is 72.8. The van der Waals surface area contributed by atoms with Gasteiger partial charge in [0.25, 0.3) is 0 Å². The number of nitrogens with one attached hydrogen (secondary N) is 1. The predicted octanol–water partition coefficient (Wildman–Crippen LogP) is 15.0. The highest BCUT2D eigenvalue weighted by Crippen LogP contribution is 2.42. The van der Waals surface area contributed by atoms with Gasteiger partial charge in [0.2, 0.25) is 0 Å². The molecule has 2 heterocycles. The van der Waals surface area contributed by atoms with Gasteiger partial charge in [-0.05, 0) is 105 Å². The first-order chi connectivity index (χ1) is 27.2. The molecule has 0 spiro atoms. The number of rotatable bonds is 6. The van der Waals surface area contributed by atoms with Crippen LogP contribution in [-0.2, 0) is 0 Å². The SMILES string of the molecule is c1ccc(-c2ccc(-n3c4ccc(-c5cccc(-c6ccccc6Nc6ccc7ccccc7c6)c5)cc4c4cc5sc6ccccc6c5cc43)cc2)cc1. The van der Waals surface area contributed by atoms with Crippen molar-refractivity contribution in [3.8, 4) is 39.1 Å². The van der Waals surface area contributed by atoms with E-state index in [0.29, 0.717) is 0 Å². The normalized spacial score (nSPS) is 11.6. The molecular weight excluding hydrogens is 685 g/mol. The maximum absolute atomic E-state index is 3.72. The number of thiophene rings is 1. The van der Waals surface area contributed by atoms with Gasteiger partial charge in [-0.2, -0.15) is 0 Å². The Kier molecular flexibility index (Phi) is 7.39. The Morgan fingerprint density at radius 3 is 1.96 bits per heavy atom. The van der Waals surface area contributed by atoms with Gasteiger partial charge in [-0.15, -0.1) is 11.3 Å². The van der Waals surface area contributed by atoms with Crippen molar-refractivity contribution in [2.75, 3.05) is 5.32 Å². The molecule has 0 saturated carbocycles. The highest BCUT2D eigenvalue weighted by molar-refractivity contribution is 7.25. The number of fused-ring (bicyclic) bond motifs is 7. The first-order valence-corrected chi connectivity index (χ1v) is 19.6. The molecule has 1 N–H and O–H groups in total. The van der Waals surface area contributed by atoms with Gasteiger partial charge in [0.05, 0.1) is 11.0 Å². The van der Waals surface area contributed by atoms with Crippen molar-refractivity contribution in [1.29, 1.82) is 0 Å². The number of hydrogen-bond acceptors (Lipinski definition) is 2. The van der Waals surface area contributed by atoms with E-state index in [1.807, 2.05) is 11.3 Å². The summed E-state index contributed by atoms with van der Waals surface area (Å²) in [6.45, 7) is 0. The molecule has 0 saturated heterocycles. The van der Waals surface area contributed by atoms with Crippen molar-refractivity contribution >= 4 is 75.5 Å². The minimum Gasteiger partial charge on any atom is -0.355 e. The Morgan fingerprint density at radius 1 is 0.364 bits per heavy atom. The van der Waals surface area contributed by atoms with Crippen LogP contribution in [0.1, 0.15) is 0 Å². The van der Waals surface area contributed by atoms with Crippen LogP contribution in [0.5, 0.6) is 0 Å². The van der Waals surface area contributed by atoms with Gasteiger partial charge in [0, 0.05) is 53.6 Å². The summed E-state index contributed by atoms with van der Waals surface area (Å²) in [5.41, 5.74) is 12.9. The minimum absolute atomic E-state index is 1.08. The van der Waals surface area contributed by atoms with Crippen LogP contribution in [0.3, 0.4) is 0 Å². The quantitative estimate of drug-likeness (QED) is 0.181. The molecule has 11 aromatic rings. The van der Waals surface area contributed by atoms with E-state index in [-0.39, 0.29) is 0 Å². The molecule has 0 aliphatic carbocycles. The lowest BCUT2D eigenvalue weighted by atomic mass is 9.97. The van der Waals surface area contributed by atoms with Gasteiger partial charge in [-0.25, -0.2) is 0 Å². The summed E-state index contributed by atoms with van der Waals surface area (Å²) in [4.78, 5) is 0. The lowest BCUT2D eigenvalue weighted by molar-refractivity contribution is 1.18. The lowest BCUT2D eigenvalue weighted by Gasteiger charge is -2.14. The first-order valence-electron chi connectivity index (χ1n) is 18.7. The highest BCUT2D eigenvalue weighted by atomic mass is 32.1. The van der Waals surface area contributed by atoms with Crippen molar-refractivity contribution < 1.29 is 0 Å². The van der Waals surface area contributed by atoms with E-state index < -0.39 is 0 Å². The van der Waals surface area contributed by atoms with E-state index in [4.69, 9.17) is 0 Å². The molecule has 0 fully saturated rings. The number of anilines is 2. The van der Waals surface area contributed by atoms with Gasteiger partial charge >= 0.3 is 0 Å². The predicted molar refractivity (Wildman–Crippen MR) is 237 cm³/mol. The molecule has 2 nitrogen and oxygen atoms in total. The van der Waals surface area contributed by atoms with Crippen LogP contribution in [0, 0.1) is 0 Å². The zero-order chi connectivity index (χ0) is 36.3. The fourth-order valence-electron chi connectivity index (χ4n) is 8.26. The average Bonchev–Trinajstić information content (AvgIpc) is 3.77. The largest absolute Gasteiger partial charge is 0.355 e. The summed E-state index contributed by atoms with van der Waals surface area (Å²) < 4.78 is 5.08. The molecule has 0 aliphatic heterocycles. The van der Waals surface area contributed by atoms with E-state index in [2.05, 4.69) is 210 Å². The maximum atomic E-state index is 3.72. The molecule has 2 aromatic heterocycles. The Morgan fingerprint density at radius 2 is 1.05 bits per heavy atom. The van der Waals surface area contributed by atoms with Gasteiger partial charge in [-0.3, -0.25) is 0 Å². The third kappa shape index (κ3) is 5.48. The van der Waals surface area contributed by atoms with Crippen LogP contribution in [0.2, 0.25) is 0 Å². The molecular formula is C52H34N2S. The highest BCUT2D eigenvalue weighted by Gasteiger charge is 2.17. The number of aromatic nitrogens is 1. The molecule has 0 amide bonds. The van der Waals surface area contributed by atoms with Gasteiger partial charge < -0.3 is 9.88 Å². The molecule has 0 aliphatic rings. The van der Waals surface area contributed by atoms with Gasteiger partial charge in [0.15, 0.2) is 0 Å². The fourth-order valence-corrected chi connectivity index (χ4v) is 9.39. The molecule has 9 aromatic carbocycles. The Labute approximate surface area is 323 Å². The molecule has 11 rings (SSSR count). The summed E-state index contributed by atoms with van der Waals surface area (Å²) in [7, 11) is 0. The molecule has 0 atom stereocenters. The second-order valence-electron chi connectivity index (χ2n) is 14.3. The van der Waals surface area contributed by atoms with Crippen LogP contribution in [0.15, 0.2) is 200 Å². The molecule has 55 heavy (non-hydrogen) atoms. The van der Waals surface area contributed by atoms with Crippen molar-refractivity contribution in [1.82, 2.24) is 4.57 Å². The molecule has 0 unspecified atom stereocenters. The zero-order valence-electron chi connectivity index (χ0n) is 29.9. The van der Waals surface area contributed by atoms with Crippen LogP contribution >= 0.6 is 11.3 Å². The third-order valence-electron chi connectivity index (χ3n) is 11.0. The van der Waals surface area contributed by atoms with Crippen LogP contribution in [0.4, 0.5) is 11.4 Å². The van der Waals surface area contributed by atoms with E-state index in [9.17, 15) is 0 Å². The Bertz CT molecular complexity index is 3220. The second kappa shape index (κ2) is 12.9. The van der Waals surface area contributed by atoms with Gasteiger partial charge in [0.1, 0.15) is 0 Å². The third-order valence-corrected chi connectivity index (χ3v) is 12.1. The molecule has 0 radical (unpaired) electrons. The summed E-state index contributed by atoms with van der Waals surface area (Å²) >= 11 is 1.88. The van der Waals surface area contributed by atoms with Crippen molar-refractivity contribution in [2.24, 2.45) is 0 Å². The zero-order valence-corrected chi connectivity index (χ0v) is 30.7. The topological polar surface area (TPSA) is 17.0 Å². The molecule has 258 valence electrons. The Hall–Kier alpha value is -6.94. The second-order valence-corrected chi connectivity index (χ2v) is 15.3. The smallest absolute Gasteiger partial charge is 0.0548 e. The van der Waals surface area contributed by atoms with Crippen LogP contribution in [-0.4, -0.2) is 4.57 Å². The minimum atomic E-state index is 1.08. The summed E-state index contributed by atoms with van der Waals surface area (Å²) in [5.74, 6) is 0. The standard InChI is InChI=1S/C52H34N2S/c1-2-11-34(12-3-1)36-22-26-42(27-23-36)54-49-28-24-39(31-45(49)46-33-52-47(32-50(46)54)44-18-7-9-20-51(44)55-52)37-15-10-16-40(29-37)43-17-6-8-19-48(43)53-41-25-21-35-13-4-5-14-38(35)30-41/h1-33,53H.